The van der Waals surface area contributed by atoms with E-state index in [-0.39, 0.29) is 29.7 Å². The molecule has 0 aromatic rings. The van der Waals surface area contributed by atoms with Gasteiger partial charge in [-0.15, -0.1) is 0 Å². The zero-order valence-corrected chi connectivity index (χ0v) is 18.3. The van der Waals surface area contributed by atoms with Crippen molar-refractivity contribution in [1.29, 1.82) is 0 Å². The fourth-order valence-corrected chi connectivity index (χ4v) is 5.04. The van der Waals surface area contributed by atoms with Gasteiger partial charge in [-0.1, -0.05) is 60.6 Å². The Bertz CT molecular complexity index is 972. The molecule has 164 valence electrons. The summed E-state index contributed by atoms with van der Waals surface area (Å²) in [6, 6.07) is -0.373. The summed E-state index contributed by atoms with van der Waals surface area (Å²) in [6.45, 7) is 3.96. The van der Waals surface area contributed by atoms with Crippen LogP contribution in [0, 0.1) is 23.7 Å². The third-order valence-electron chi connectivity index (χ3n) is 6.41. The van der Waals surface area contributed by atoms with E-state index in [4.69, 9.17) is 11.6 Å². The van der Waals surface area contributed by atoms with Crippen molar-refractivity contribution in [3.8, 4) is 0 Å². The number of amides is 2. The molecule has 6 nitrogen and oxygen atoms in total. The number of fused-ring (bicyclic) bond motifs is 1. The van der Waals surface area contributed by atoms with Crippen LogP contribution in [0.1, 0.15) is 26.7 Å². The maximum Gasteiger partial charge on any atom is 0.238 e. The number of carbonyl (C=O) groups is 2. The fourth-order valence-electron chi connectivity index (χ4n) is 4.82. The quantitative estimate of drug-likeness (QED) is 0.460. The van der Waals surface area contributed by atoms with E-state index in [1.165, 1.54) is 10.5 Å². The molecule has 1 heterocycles. The number of nitrogens with zero attached hydrogens (tertiary/aromatic N) is 1. The van der Waals surface area contributed by atoms with Gasteiger partial charge in [0.1, 0.15) is 0 Å². The Kier molecular flexibility index (Phi) is 6.06. The second kappa shape index (κ2) is 8.61. The molecule has 7 heteroatoms. The van der Waals surface area contributed by atoms with E-state index in [1.54, 1.807) is 18.2 Å². The van der Waals surface area contributed by atoms with Gasteiger partial charge >= 0.3 is 0 Å². The summed E-state index contributed by atoms with van der Waals surface area (Å²) in [5.41, 5.74) is 2.63. The molecule has 3 aliphatic carbocycles. The van der Waals surface area contributed by atoms with Gasteiger partial charge in [0.25, 0.3) is 0 Å². The molecule has 0 radical (unpaired) electrons. The van der Waals surface area contributed by atoms with Gasteiger partial charge in [0, 0.05) is 16.4 Å². The van der Waals surface area contributed by atoms with Gasteiger partial charge in [-0.25, -0.2) is 0 Å². The first kappa shape index (κ1) is 21.8. The first-order valence-electron chi connectivity index (χ1n) is 10.6. The smallest absolute Gasteiger partial charge is 0.238 e. The van der Waals surface area contributed by atoms with E-state index >= 15 is 0 Å². The topological polar surface area (TPSA) is 89.9 Å². The lowest BCUT2D eigenvalue weighted by Gasteiger charge is -2.33. The van der Waals surface area contributed by atoms with Crippen LogP contribution in [-0.2, 0) is 9.59 Å². The van der Waals surface area contributed by atoms with Crippen molar-refractivity contribution in [2.24, 2.45) is 23.7 Å². The summed E-state index contributed by atoms with van der Waals surface area (Å²) >= 11 is 6.01. The number of likely N-dealkylation sites (tertiary alicyclic amines) is 1. The summed E-state index contributed by atoms with van der Waals surface area (Å²) in [5.74, 6) is -1.89. The molecule has 0 spiro atoms. The zero-order valence-electron chi connectivity index (χ0n) is 17.5. The van der Waals surface area contributed by atoms with Gasteiger partial charge < -0.3 is 15.5 Å². The van der Waals surface area contributed by atoms with E-state index in [0.717, 1.165) is 5.70 Å². The molecule has 4 aliphatic rings. The number of hydrogen-bond acceptors (Lipinski definition) is 5. The van der Waals surface area contributed by atoms with Crippen molar-refractivity contribution in [2.45, 2.75) is 39.0 Å². The van der Waals surface area contributed by atoms with Crippen LogP contribution in [0.15, 0.2) is 70.6 Å². The van der Waals surface area contributed by atoms with Gasteiger partial charge in [0.05, 0.1) is 23.8 Å². The number of rotatable bonds is 4. The van der Waals surface area contributed by atoms with Crippen LogP contribution in [0.3, 0.4) is 0 Å². The Labute approximate surface area is 186 Å². The Hall–Kier alpha value is -2.41. The molecule has 1 fully saturated rings. The lowest BCUT2D eigenvalue weighted by Crippen LogP contribution is -2.42. The van der Waals surface area contributed by atoms with Gasteiger partial charge in [0.15, 0.2) is 6.29 Å². The average molecular weight is 443 g/mol. The van der Waals surface area contributed by atoms with Crippen LogP contribution in [0.4, 0.5) is 0 Å². The highest BCUT2D eigenvalue weighted by Gasteiger charge is 2.52. The van der Waals surface area contributed by atoms with Crippen LogP contribution in [0.25, 0.3) is 0 Å². The second-order valence-electron chi connectivity index (χ2n) is 8.68. The van der Waals surface area contributed by atoms with Gasteiger partial charge in [-0.2, -0.15) is 0 Å². The van der Waals surface area contributed by atoms with Crippen LogP contribution >= 0.6 is 11.6 Å². The number of nitrogens with one attached hydrogen (secondary N) is 1. The number of halogens is 1. The van der Waals surface area contributed by atoms with Crippen LogP contribution in [0.2, 0.25) is 0 Å². The summed E-state index contributed by atoms with van der Waals surface area (Å²) in [4.78, 5) is 27.8. The van der Waals surface area contributed by atoms with Gasteiger partial charge in [-0.05, 0) is 37.8 Å². The normalized spacial score (nSPS) is 33.0. The summed E-state index contributed by atoms with van der Waals surface area (Å²) in [6.07, 6.45) is 14.2. The zero-order chi connectivity index (χ0) is 22.3. The lowest BCUT2D eigenvalue weighted by atomic mass is 9.76. The highest BCUT2D eigenvalue weighted by Crippen LogP contribution is 2.42. The van der Waals surface area contributed by atoms with E-state index in [1.807, 2.05) is 44.2 Å². The first-order chi connectivity index (χ1) is 14.8. The first-order valence-corrected chi connectivity index (χ1v) is 10.9. The number of allylic oxidation sites excluding steroid dienone is 9. The van der Waals surface area contributed by atoms with E-state index < -0.39 is 18.1 Å². The van der Waals surface area contributed by atoms with Crippen LogP contribution in [-0.4, -0.2) is 39.3 Å². The summed E-state index contributed by atoms with van der Waals surface area (Å²) < 4.78 is 0. The lowest BCUT2D eigenvalue weighted by molar-refractivity contribution is -0.137. The third-order valence-corrected chi connectivity index (χ3v) is 6.66. The molecule has 0 aromatic heterocycles. The molecule has 1 aliphatic heterocycles. The Morgan fingerprint density at radius 2 is 1.97 bits per heavy atom. The molecule has 1 saturated heterocycles. The second-order valence-corrected chi connectivity index (χ2v) is 9.11. The van der Waals surface area contributed by atoms with Crippen molar-refractivity contribution in [3.63, 3.8) is 0 Å². The SMILES string of the molecule is CC1=CC=CC(N2C(=O)C3CC(NC4C=CC(Cl)=CC4C(O)O)=C[C@H](C)C3C2=O)=CC1. The van der Waals surface area contributed by atoms with Gasteiger partial charge in [0.2, 0.25) is 11.8 Å². The minimum absolute atomic E-state index is 0.123. The Morgan fingerprint density at radius 3 is 2.71 bits per heavy atom. The molecular weight excluding hydrogens is 416 g/mol. The van der Waals surface area contributed by atoms with E-state index in [9.17, 15) is 19.8 Å². The van der Waals surface area contributed by atoms with Crippen molar-refractivity contribution in [1.82, 2.24) is 10.2 Å². The molecule has 0 saturated carbocycles. The van der Waals surface area contributed by atoms with Crippen molar-refractivity contribution >= 4 is 23.4 Å². The van der Waals surface area contributed by atoms with Crippen molar-refractivity contribution in [3.05, 3.63) is 70.6 Å². The molecule has 31 heavy (non-hydrogen) atoms. The summed E-state index contributed by atoms with van der Waals surface area (Å²) in [5, 5.41) is 23.2. The minimum atomic E-state index is -1.57. The largest absolute Gasteiger partial charge is 0.382 e. The average Bonchev–Trinajstić information content (AvgIpc) is 2.84. The molecule has 0 aromatic carbocycles. The van der Waals surface area contributed by atoms with Crippen molar-refractivity contribution in [2.75, 3.05) is 0 Å². The number of carbonyl (C=O) groups excluding carboxylic acids is 2. The predicted octanol–water partition coefficient (Wildman–Crippen LogP) is 2.88. The number of aliphatic hydroxyl groups excluding tert-OH is 1. The number of aliphatic hydroxyl groups is 2. The fraction of sp³-hybridized carbons (Fsp3) is 0.417. The van der Waals surface area contributed by atoms with E-state index in [2.05, 4.69) is 5.32 Å². The minimum Gasteiger partial charge on any atom is -0.382 e. The van der Waals surface area contributed by atoms with Crippen LogP contribution < -0.4 is 5.32 Å². The molecule has 5 atom stereocenters. The maximum absolute atomic E-state index is 13.3. The predicted molar refractivity (Wildman–Crippen MR) is 118 cm³/mol. The molecule has 0 bridgehead atoms. The molecule has 4 unspecified atom stereocenters. The highest BCUT2D eigenvalue weighted by molar-refractivity contribution is 6.31. The molecule has 3 N–H and O–H groups in total. The standard InChI is InChI=1S/C24H27ClN2O4/c1-13-4-3-5-17(8-6-13)27-22(28)19-12-16(10-14(2)21(19)23(27)29)26-20-9-7-15(25)11-18(20)24(30)31/h3-5,7-11,14,18-21,24,26,30-31H,6,12H2,1-2H3/t14-,18?,19?,20?,21?/m0/s1. The highest BCUT2D eigenvalue weighted by atomic mass is 35.5. The van der Waals surface area contributed by atoms with E-state index in [0.29, 0.717) is 23.6 Å². The Morgan fingerprint density at radius 1 is 1.19 bits per heavy atom. The van der Waals surface area contributed by atoms with Crippen LogP contribution in [0.5, 0.6) is 0 Å². The summed E-state index contributed by atoms with van der Waals surface area (Å²) in [7, 11) is 0. The maximum atomic E-state index is 13.3. The molecule has 2 amide bonds. The Balaban J connectivity index is 1.53. The van der Waals surface area contributed by atoms with Gasteiger partial charge in [-0.3, -0.25) is 14.5 Å². The molecular formula is C24H27ClN2O4. The monoisotopic (exact) mass is 442 g/mol. The number of hydrogen-bond donors (Lipinski definition) is 3. The third kappa shape index (κ3) is 4.20. The van der Waals surface area contributed by atoms with Crippen molar-refractivity contribution < 1.29 is 19.8 Å². The number of imide groups is 1. The molecule has 4 rings (SSSR count).